The Morgan fingerprint density at radius 1 is 1.33 bits per heavy atom. The van der Waals surface area contributed by atoms with Crippen LogP contribution in [0.4, 0.5) is 0 Å². The molecule has 0 unspecified atom stereocenters. The van der Waals surface area contributed by atoms with Crippen LogP contribution < -0.4 is 10.4 Å². The minimum Gasteiger partial charge on any atom is -0.494 e. The molecule has 3 nitrogen and oxygen atoms in total. The smallest absolute Gasteiger partial charge is 0.359 e. The third-order valence-corrected chi connectivity index (χ3v) is 2.53. The van der Waals surface area contributed by atoms with Gasteiger partial charge in [-0.3, -0.25) is 0 Å². The average Bonchev–Trinajstić information content (AvgIpc) is 2.21. The molecule has 78 valence electrons. The van der Waals surface area contributed by atoms with Crippen molar-refractivity contribution in [1.82, 2.24) is 0 Å². The van der Waals surface area contributed by atoms with E-state index in [0.29, 0.717) is 16.0 Å². The van der Waals surface area contributed by atoms with Crippen LogP contribution >= 0.6 is 23.2 Å². The molecule has 0 N–H and O–H groups in total. The van der Waals surface area contributed by atoms with Crippen molar-refractivity contribution in [2.75, 3.05) is 7.11 Å². The molecular weight excluding hydrogens is 239 g/mol. The largest absolute Gasteiger partial charge is 0.494 e. The van der Waals surface area contributed by atoms with Crippen LogP contribution in [0.25, 0.3) is 11.0 Å². The second-order valence-corrected chi connectivity index (χ2v) is 3.69. The number of benzene rings is 1. The van der Waals surface area contributed by atoms with E-state index in [-0.39, 0.29) is 10.8 Å². The summed E-state index contributed by atoms with van der Waals surface area (Å²) in [5, 5.41) is 1.02. The summed E-state index contributed by atoms with van der Waals surface area (Å²) in [4.78, 5) is 11.3. The molecule has 2 rings (SSSR count). The van der Waals surface area contributed by atoms with Crippen LogP contribution in [0.2, 0.25) is 10.0 Å². The summed E-state index contributed by atoms with van der Waals surface area (Å²) in [5.74, 6) is 0.283. The fourth-order valence-electron chi connectivity index (χ4n) is 1.32. The number of ether oxygens (including phenoxy) is 1. The normalized spacial score (nSPS) is 10.6. The van der Waals surface area contributed by atoms with Gasteiger partial charge in [-0.05, 0) is 18.2 Å². The highest BCUT2D eigenvalue weighted by Gasteiger charge is 2.13. The first-order valence-corrected chi connectivity index (χ1v) is 4.85. The molecule has 0 fully saturated rings. The van der Waals surface area contributed by atoms with Gasteiger partial charge in [-0.25, -0.2) is 4.79 Å². The van der Waals surface area contributed by atoms with Crippen LogP contribution in [0, 0.1) is 0 Å². The number of halogens is 2. The van der Waals surface area contributed by atoms with Crippen molar-refractivity contribution < 1.29 is 9.15 Å². The summed E-state index contributed by atoms with van der Waals surface area (Å²) in [6.07, 6.45) is 0. The zero-order valence-corrected chi connectivity index (χ0v) is 9.22. The summed E-state index contributed by atoms with van der Waals surface area (Å²) in [6.45, 7) is 0. The number of fused-ring (bicyclic) bond motifs is 1. The van der Waals surface area contributed by atoms with Crippen LogP contribution in [0.15, 0.2) is 27.4 Å². The third-order valence-electron chi connectivity index (χ3n) is 1.97. The van der Waals surface area contributed by atoms with Crippen LogP contribution in [-0.4, -0.2) is 7.11 Å². The van der Waals surface area contributed by atoms with Crippen molar-refractivity contribution in [2.24, 2.45) is 0 Å². The first-order chi connectivity index (χ1) is 7.13. The Morgan fingerprint density at radius 2 is 2.07 bits per heavy atom. The van der Waals surface area contributed by atoms with Gasteiger partial charge in [0.15, 0.2) is 10.8 Å². The SMILES string of the molecule is COc1c(Cl)c(=O)oc2ccc(Cl)cc12. The number of hydrogen-bond donors (Lipinski definition) is 0. The van der Waals surface area contributed by atoms with Gasteiger partial charge >= 0.3 is 5.63 Å². The Kier molecular flexibility index (Phi) is 2.59. The van der Waals surface area contributed by atoms with E-state index in [2.05, 4.69) is 0 Å². The van der Waals surface area contributed by atoms with E-state index in [1.165, 1.54) is 7.11 Å². The van der Waals surface area contributed by atoms with E-state index in [9.17, 15) is 4.79 Å². The van der Waals surface area contributed by atoms with Crippen molar-refractivity contribution in [3.05, 3.63) is 38.7 Å². The van der Waals surface area contributed by atoms with Crippen molar-refractivity contribution in [3.8, 4) is 5.75 Å². The molecule has 1 heterocycles. The first-order valence-electron chi connectivity index (χ1n) is 4.09. The number of rotatable bonds is 1. The monoisotopic (exact) mass is 244 g/mol. The summed E-state index contributed by atoms with van der Waals surface area (Å²) in [6, 6.07) is 4.85. The van der Waals surface area contributed by atoms with Crippen LogP contribution in [0.5, 0.6) is 5.75 Å². The molecule has 0 aliphatic carbocycles. The molecule has 0 aliphatic heterocycles. The maximum absolute atomic E-state index is 11.3. The van der Waals surface area contributed by atoms with Gasteiger partial charge in [0.25, 0.3) is 0 Å². The van der Waals surface area contributed by atoms with Crippen LogP contribution in [0.3, 0.4) is 0 Å². The quantitative estimate of drug-likeness (QED) is 0.724. The Hall–Kier alpha value is -1.19. The molecule has 0 atom stereocenters. The highest BCUT2D eigenvalue weighted by molar-refractivity contribution is 6.33. The maximum atomic E-state index is 11.3. The van der Waals surface area contributed by atoms with Crippen molar-refractivity contribution in [2.45, 2.75) is 0 Å². The van der Waals surface area contributed by atoms with Crippen LogP contribution in [0.1, 0.15) is 0 Å². The Labute approximate surface area is 95.2 Å². The van der Waals surface area contributed by atoms with Gasteiger partial charge in [-0.2, -0.15) is 0 Å². The lowest BCUT2D eigenvalue weighted by atomic mass is 10.2. The fraction of sp³-hybridized carbons (Fsp3) is 0.100. The van der Waals surface area contributed by atoms with Crippen LogP contribution in [-0.2, 0) is 0 Å². The highest BCUT2D eigenvalue weighted by Crippen LogP contribution is 2.31. The molecule has 2 aromatic rings. The Morgan fingerprint density at radius 3 is 2.73 bits per heavy atom. The molecule has 1 aromatic carbocycles. The molecular formula is C10H6Cl2O3. The van der Waals surface area contributed by atoms with E-state index in [1.807, 2.05) is 0 Å². The van der Waals surface area contributed by atoms with E-state index in [4.69, 9.17) is 32.4 Å². The predicted octanol–water partition coefficient (Wildman–Crippen LogP) is 3.11. The van der Waals surface area contributed by atoms with Gasteiger partial charge in [-0.15, -0.1) is 0 Å². The lowest BCUT2D eigenvalue weighted by Gasteiger charge is -2.05. The van der Waals surface area contributed by atoms with Gasteiger partial charge in [0, 0.05) is 5.02 Å². The van der Waals surface area contributed by atoms with Gasteiger partial charge in [0.2, 0.25) is 0 Å². The predicted molar refractivity (Wildman–Crippen MR) is 59.1 cm³/mol. The third kappa shape index (κ3) is 1.68. The second-order valence-electron chi connectivity index (χ2n) is 2.88. The first kappa shape index (κ1) is 10.3. The van der Waals surface area contributed by atoms with E-state index in [1.54, 1.807) is 18.2 Å². The lowest BCUT2D eigenvalue weighted by Crippen LogP contribution is -2.02. The van der Waals surface area contributed by atoms with Gasteiger partial charge in [0.05, 0.1) is 12.5 Å². The Balaban J connectivity index is 2.95. The molecule has 0 amide bonds. The summed E-state index contributed by atoms with van der Waals surface area (Å²) in [5.41, 5.74) is -0.228. The molecule has 0 saturated carbocycles. The summed E-state index contributed by atoms with van der Waals surface area (Å²) >= 11 is 11.6. The molecule has 5 heteroatoms. The zero-order valence-electron chi connectivity index (χ0n) is 7.71. The van der Waals surface area contributed by atoms with Crippen molar-refractivity contribution in [3.63, 3.8) is 0 Å². The molecule has 0 saturated heterocycles. The standard InChI is InChI=1S/C10H6Cl2O3/c1-14-9-6-4-5(11)2-3-7(6)15-10(13)8(9)12/h2-4H,1H3. The Bertz CT molecular complexity index is 575. The lowest BCUT2D eigenvalue weighted by molar-refractivity contribution is 0.413. The maximum Gasteiger partial charge on any atom is 0.359 e. The molecule has 15 heavy (non-hydrogen) atoms. The zero-order chi connectivity index (χ0) is 11.0. The van der Waals surface area contributed by atoms with Crippen molar-refractivity contribution in [1.29, 1.82) is 0 Å². The fourth-order valence-corrected chi connectivity index (χ4v) is 1.71. The second kappa shape index (κ2) is 3.76. The van der Waals surface area contributed by atoms with Gasteiger partial charge in [-0.1, -0.05) is 23.2 Å². The molecule has 1 aromatic heterocycles. The molecule has 0 bridgehead atoms. The topological polar surface area (TPSA) is 39.4 Å². The van der Waals surface area contributed by atoms with E-state index in [0.717, 1.165) is 0 Å². The molecule has 0 radical (unpaired) electrons. The minimum absolute atomic E-state index is 0.0766. The summed E-state index contributed by atoms with van der Waals surface area (Å²) in [7, 11) is 1.43. The van der Waals surface area contributed by atoms with Gasteiger partial charge in [0.1, 0.15) is 5.58 Å². The van der Waals surface area contributed by atoms with E-state index >= 15 is 0 Å². The number of methoxy groups -OCH3 is 1. The summed E-state index contributed by atoms with van der Waals surface area (Å²) < 4.78 is 10.0. The molecule has 0 spiro atoms. The molecule has 0 aliphatic rings. The number of hydrogen-bond acceptors (Lipinski definition) is 3. The van der Waals surface area contributed by atoms with E-state index < -0.39 is 5.63 Å². The van der Waals surface area contributed by atoms with Gasteiger partial charge < -0.3 is 9.15 Å². The highest BCUT2D eigenvalue weighted by atomic mass is 35.5. The van der Waals surface area contributed by atoms with Crippen molar-refractivity contribution >= 4 is 34.2 Å². The minimum atomic E-state index is -0.622. The average molecular weight is 245 g/mol.